The van der Waals surface area contributed by atoms with E-state index in [0.717, 1.165) is 0 Å². The highest BCUT2D eigenvalue weighted by Crippen LogP contribution is 2.38. The summed E-state index contributed by atoms with van der Waals surface area (Å²) in [6.45, 7) is 4.61. The van der Waals surface area contributed by atoms with Gasteiger partial charge in [-0.25, -0.2) is 0 Å². The van der Waals surface area contributed by atoms with Gasteiger partial charge in [0.25, 0.3) is 0 Å². The minimum Gasteiger partial charge on any atom is -0.195 e. The van der Waals surface area contributed by atoms with Crippen LogP contribution in [-0.4, -0.2) is 0 Å². The highest BCUT2D eigenvalue weighted by Gasteiger charge is 2.35. The van der Waals surface area contributed by atoms with E-state index in [1.165, 1.54) is 23.2 Å². The van der Waals surface area contributed by atoms with Crippen molar-refractivity contribution in [1.82, 2.24) is 0 Å². The van der Waals surface area contributed by atoms with Gasteiger partial charge in [0.05, 0.1) is 0 Å². The zero-order valence-corrected chi connectivity index (χ0v) is 10.4. The molecule has 2 atom stereocenters. The Bertz CT molecular complexity index is 545. The van der Waals surface area contributed by atoms with Crippen LogP contribution in [0, 0.1) is 0 Å². The highest BCUT2D eigenvalue weighted by molar-refractivity contribution is 5.63. The van der Waals surface area contributed by atoms with Crippen LogP contribution in [0.5, 0.6) is 0 Å². The molecule has 3 rings (SSSR count). The van der Waals surface area contributed by atoms with Gasteiger partial charge < -0.3 is 0 Å². The van der Waals surface area contributed by atoms with Crippen molar-refractivity contribution in [3.8, 4) is 11.3 Å². The second-order valence-corrected chi connectivity index (χ2v) is 4.84. The third-order valence-electron chi connectivity index (χ3n) is 3.99. The van der Waals surface area contributed by atoms with Crippen molar-refractivity contribution >= 4 is 0 Å². The van der Waals surface area contributed by atoms with Gasteiger partial charge >= 0.3 is 0 Å². The average molecular weight is 224 g/mol. The molecular formula is C16H18N+. The second-order valence-electron chi connectivity index (χ2n) is 4.84. The number of benzene rings is 1. The second kappa shape index (κ2) is 3.99. The molecule has 0 amide bonds. The largest absolute Gasteiger partial charge is 0.213 e. The van der Waals surface area contributed by atoms with E-state index in [-0.39, 0.29) is 0 Å². The average Bonchev–Trinajstić information content (AvgIpc) is 2.40. The van der Waals surface area contributed by atoms with Crippen LogP contribution >= 0.6 is 0 Å². The van der Waals surface area contributed by atoms with Crippen LogP contribution in [-0.2, 0) is 0 Å². The molecule has 1 aliphatic heterocycles. The highest BCUT2D eigenvalue weighted by atomic mass is 15.0. The molecule has 2 aromatic rings. The third-order valence-corrected chi connectivity index (χ3v) is 3.99. The van der Waals surface area contributed by atoms with Crippen molar-refractivity contribution in [2.75, 3.05) is 0 Å². The maximum Gasteiger partial charge on any atom is 0.213 e. The first-order valence-corrected chi connectivity index (χ1v) is 6.42. The molecule has 1 nitrogen and oxygen atoms in total. The Hall–Kier alpha value is -1.63. The van der Waals surface area contributed by atoms with E-state index in [1.807, 2.05) is 0 Å². The molecule has 0 saturated carbocycles. The summed E-state index contributed by atoms with van der Waals surface area (Å²) in [6.07, 6.45) is 3.40. The fourth-order valence-corrected chi connectivity index (χ4v) is 3.11. The number of hydrogen-bond donors (Lipinski definition) is 0. The molecule has 1 heteroatoms. The molecule has 2 heterocycles. The zero-order valence-electron chi connectivity index (χ0n) is 10.4. The molecule has 1 aromatic carbocycles. The predicted molar refractivity (Wildman–Crippen MR) is 69.8 cm³/mol. The Kier molecular flexibility index (Phi) is 2.47. The van der Waals surface area contributed by atoms with Crippen molar-refractivity contribution in [3.05, 3.63) is 54.2 Å². The van der Waals surface area contributed by atoms with Gasteiger partial charge in [0.15, 0.2) is 12.2 Å². The Morgan fingerprint density at radius 3 is 2.65 bits per heavy atom. The third kappa shape index (κ3) is 1.49. The lowest BCUT2D eigenvalue weighted by Gasteiger charge is -2.27. The Labute approximate surface area is 103 Å². The van der Waals surface area contributed by atoms with Crippen LogP contribution < -0.4 is 4.57 Å². The normalized spacial score (nSPS) is 21.8. The summed E-state index contributed by atoms with van der Waals surface area (Å²) >= 11 is 0. The van der Waals surface area contributed by atoms with E-state index in [0.29, 0.717) is 12.0 Å². The molecule has 1 aromatic heterocycles. The Morgan fingerprint density at radius 1 is 1.06 bits per heavy atom. The van der Waals surface area contributed by atoms with Crippen LogP contribution in [0.3, 0.4) is 0 Å². The van der Waals surface area contributed by atoms with E-state index in [4.69, 9.17) is 0 Å². The first-order valence-electron chi connectivity index (χ1n) is 6.42. The van der Waals surface area contributed by atoms with E-state index in [2.05, 4.69) is 67.1 Å². The van der Waals surface area contributed by atoms with Gasteiger partial charge in [0, 0.05) is 23.6 Å². The summed E-state index contributed by atoms with van der Waals surface area (Å²) in [4.78, 5) is 0. The van der Waals surface area contributed by atoms with E-state index >= 15 is 0 Å². The van der Waals surface area contributed by atoms with E-state index in [1.54, 1.807) is 0 Å². The fourth-order valence-electron chi connectivity index (χ4n) is 3.11. The van der Waals surface area contributed by atoms with Gasteiger partial charge in [-0.15, -0.1) is 0 Å². The molecular weight excluding hydrogens is 206 g/mol. The molecule has 0 saturated heterocycles. The minimum absolute atomic E-state index is 0.547. The van der Waals surface area contributed by atoms with Crippen molar-refractivity contribution in [2.45, 2.75) is 32.2 Å². The molecule has 0 spiro atoms. The van der Waals surface area contributed by atoms with Gasteiger partial charge in [0.1, 0.15) is 0 Å². The molecule has 1 unspecified atom stereocenters. The number of rotatable bonds is 1. The molecule has 17 heavy (non-hydrogen) atoms. The summed E-state index contributed by atoms with van der Waals surface area (Å²) in [7, 11) is 0. The first-order chi connectivity index (χ1) is 8.33. The monoisotopic (exact) mass is 224 g/mol. The van der Waals surface area contributed by atoms with Gasteiger partial charge in [-0.3, -0.25) is 0 Å². The van der Waals surface area contributed by atoms with Crippen LogP contribution in [0.25, 0.3) is 11.3 Å². The number of fused-ring (bicyclic) bond motifs is 3. The van der Waals surface area contributed by atoms with E-state index < -0.39 is 0 Å². The van der Waals surface area contributed by atoms with Crippen LogP contribution in [0.2, 0.25) is 0 Å². The maximum absolute atomic E-state index is 2.41. The molecule has 0 N–H and O–H groups in total. The topological polar surface area (TPSA) is 3.88 Å². The number of aromatic nitrogens is 1. The van der Waals surface area contributed by atoms with Crippen molar-refractivity contribution in [3.63, 3.8) is 0 Å². The molecule has 0 radical (unpaired) electrons. The standard InChI is InChI=1S/C16H18N/c1-3-13-12(2)17-11-7-6-10-16(17)15-9-5-4-8-14(13)15/h4-13H,3H2,1-2H3/q+1/t12-,13?/m1/s1. The lowest BCUT2D eigenvalue weighted by atomic mass is 9.82. The smallest absolute Gasteiger partial charge is 0.195 e. The summed E-state index contributed by atoms with van der Waals surface area (Å²) in [6, 6.07) is 15.9. The lowest BCUT2D eigenvalue weighted by Crippen LogP contribution is -2.45. The van der Waals surface area contributed by atoms with Gasteiger partial charge in [-0.1, -0.05) is 25.1 Å². The van der Waals surface area contributed by atoms with Crippen LogP contribution in [0.1, 0.15) is 37.8 Å². The van der Waals surface area contributed by atoms with Crippen molar-refractivity contribution in [2.24, 2.45) is 0 Å². The first kappa shape index (κ1) is 10.5. The lowest BCUT2D eigenvalue weighted by molar-refractivity contribution is -0.714. The summed E-state index contributed by atoms with van der Waals surface area (Å²) in [5.41, 5.74) is 4.26. The molecule has 86 valence electrons. The van der Waals surface area contributed by atoms with Gasteiger partial charge in [0.2, 0.25) is 5.69 Å². The predicted octanol–water partition coefficient (Wildman–Crippen LogP) is 3.71. The molecule has 0 bridgehead atoms. The minimum atomic E-state index is 0.547. The Morgan fingerprint density at radius 2 is 1.82 bits per heavy atom. The van der Waals surface area contributed by atoms with Gasteiger partial charge in [-0.05, 0) is 31.0 Å². The van der Waals surface area contributed by atoms with E-state index in [9.17, 15) is 0 Å². The molecule has 0 fully saturated rings. The summed E-state index contributed by atoms with van der Waals surface area (Å²) < 4.78 is 2.41. The fraction of sp³-hybridized carbons (Fsp3) is 0.312. The van der Waals surface area contributed by atoms with Crippen LogP contribution in [0.15, 0.2) is 48.7 Å². The number of hydrogen-bond acceptors (Lipinski definition) is 0. The summed E-state index contributed by atoms with van der Waals surface area (Å²) in [5, 5.41) is 0. The van der Waals surface area contributed by atoms with Crippen molar-refractivity contribution in [1.29, 1.82) is 0 Å². The number of nitrogens with zero attached hydrogens (tertiary/aromatic N) is 1. The van der Waals surface area contributed by atoms with Gasteiger partial charge in [-0.2, -0.15) is 4.57 Å². The zero-order chi connectivity index (χ0) is 11.8. The SMILES string of the molecule is CCC1c2ccccc2-c2cccc[n+]2[C@@H]1C. The molecule has 1 aliphatic rings. The Balaban J connectivity index is 2.29. The summed E-state index contributed by atoms with van der Waals surface area (Å²) in [5.74, 6) is 0.631. The quantitative estimate of drug-likeness (QED) is 0.650. The maximum atomic E-state index is 2.41. The van der Waals surface area contributed by atoms with Crippen molar-refractivity contribution < 1.29 is 4.57 Å². The van der Waals surface area contributed by atoms with Crippen LogP contribution in [0.4, 0.5) is 0 Å². The molecule has 0 aliphatic carbocycles. The number of pyridine rings is 1.